The van der Waals surface area contributed by atoms with Crippen molar-refractivity contribution in [3.8, 4) is 0 Å². The van der Waals surface area contributed by atoms with E-state index in [4.69, 9.17) is 4.74 Å². The van der Waals surface area contributed by atoms with Gasteiger partial charge in [0.2, 0.25) is 0 Å². The second kappa shape index (κ2) is 9.17. The van der Waals surface area contributed by atoms with E-state index in [1.807, 2.05) is 0 Å². The lowest BCUT2D eigenvalue weighted by molar-refractivity contribution is -0.143. The Hall–Kier alpha value is -2.41. The average Bonchev–Trinajstić information content (AvgIpc) is 2.63. The highest BCUT2D eigenvalue weighted by atomic mass is 19.1. The maximum Gasteiger partial charge on any atom is 0.321 e. The Kier molecular flexibility index (Phi) is 6.94. The second-order valence-electron chi connectivity index (χ2n) is 5.84. The highest BCUT2D eigenvalue weighted by Crippen LogP contribution is 2.11. The number of anilines is 1. The summed E-state index contributed by atoms with van der Waals surface area (Å²) in [6.07, 6.45) is 1.95. The van der Waals surface area contributed by atoms with E-state index in [0.29, 0.717) is 44.9 Å². The number of amides is 3. The Bertz CT molecular complexity index is 598. The van der Waals surface area contributed by atoms with E-state index in [2.05, 4.69) is 11.9 Å². The fourth-order valence-corrected chi connectivity index (χ4v) is 2.52. The molecule has 0 unspecified atom stereocenters. The maximum absolute atomic E-state index is 12.9. The van der Waals surface area contributed by atoms with Crippen molar-refractivity contribution in [2.24, 2.45) is 0 Å². The Balaban J connectivity index is 1.78. The number of hydrogen-bond acceptors (Lipinski definition) is 3. The van der Waals surface area contributed by atoms with Crippen LogP contribution in [0, 0.1) is 5.82 Å². The van der Waals surface area contributed by atoms with Gasteiger partial charge >= 0.3 is 6.03 Å². The molecule has 6 nitrogen and oxygen atoms in total. The quantitative estimate of drug-likeness (QED) is 0.634. The fourth-order valence-electron chi connectivity index (χ4n) is 2.52. The van der Waals surface area contributed by atoms with Crippen LogP contribution in [-0.2, 0) is 9.53 Å². The lowest BCUT2D eigenvalue weighted by Crippen LogP contribution is -2.53. The summed E-state index contributed by atoms with van der Waals surface area (Å²) >= 11 is 0. The van der Waals surface area contributed by atoms with Crippen LogP contribution in [0.1, 0.15) is 13.3 Å². The molecule has 1 aliphatic heterocycles. The molecule has 1 aromatic rings. The molecule has 3 amide bonds. The van der Waals surface area contributed by atoms with Gasteiger partial charge in [-0.25, -0.2) is 9.18 Å². The number of ether oxygens (including phenoxy) is 1. The van der Waals surface area contributed by atoms with Crippen LogP contribution in [0.2, 0.25) is 0 Å². The molecule has 1 aromatic carbocycles. The maximum atomic E-state index is 12.9. The van der Waals surface area contributed by atoms with E-state index in [1.165, 1.54) is 24.3 Å². The zero-order chi connectivity index (χ0) is 18.2. The third-order valence-corrected chi connectivity index (χ3v) is 4.01. The van der Waals surface area contributed by atoms with E-state index in [-0.39, 0.29) is 17.8 Å². The van der Waals surface area contributed by atoms with Crippen molar-refractivity contribution in [1.82, 2.24) is 9.80 Å². The highest BCUT2D eigenvalue weighted by molar-refractivity contribution is 5.89. The number of carbonyl (C=O) groups excluding carboxylic acids is 2. The van der Waals surface area contributed by atoms with Crippen molar-refractivity contribution in [2.75, 3.05) is 38.1 Å². The smallest absolute Gasteiger partial charge is 0.321 e. The van der Waals surface area contributed by atoms with Gasteiger partial charge in [-0.05, 0) is 37.6 Å². The summed E-state index contributed by atoms with van der Waals surface area (Å²) in [6.45, 7) is 7.63. The van der Waals surface area contributed by atoms with Crippen LogP contribution in [0.15, 0.2) is 36.9 Å². The number of urea groups is 1. The van der Waals surface area contributed by atoms with Crippen LogP contribution in [0.3, 0.4) is 0 Å². The molecule has 0 bridgehead atoms. The average molecular weight is 349 g/mol. The highest BCUT2D eigenvalue weighted by Gasteiger charge is 2.27. The molecule has 1 aliphatic rings. The molecule has 1 fully saturated rings. The molecule has 0 aromatic heterocycles. The zero-order valence-corrected chi connectivity index (χ0v) is 14.4. The predicted molar refractivity (Wildman–Crippen MR) is 93.8 cm³/mol. The van der Waals surface area contributed by atoms with Gasteiger partial charge in [-0.2, -0.15) is 0 Å². The van der Waals surface area contributed by atoms with Crippen molar-refractivity contribution in [3.63, 3.8) is 0 Å². The molecule has 1 N–H and O–H groups in total. The molecule has 0 aliphatic carbocycles. The number of carbonyl (C=O) groups is 2. The molecule has 25 heavy (non-hydrogen) atoms. The molecule has 1 heterocycles. The van der Waals surface area contributed by atoms with E-state index in [1.54, 1.807) is 22.8 Å². The monoisotopic (exact) mass is 349 g/mol. The summed E-state index contributed by atoms with van der Waals surface area (Å²) in [5, 5.41) is 2.72. The van der Waals surface area contributed by atoms with Crippen molar-refractivity contribution in [1.29, 1.82) is 0 Å². The van der Waals surface area contributed by atoms with E-state index in [9.17, 15) is 14.0 Å². The normalized spacial score (nSPS) is 15.6. The van der Waals surface area contributed by atoms with Crippen LogP contribution in [0.5, 0.6) is 0 Å². The van der Waals surface area contributed by atoms with E-state index in [0.717, 1.165) is 0 Å². The van der Waals surface area contributed by atoms with Gasteiger partial charge < -0.3 is 19.9 Å². The van der Waals surface area contributed by atoms with Crippen LogP contribution in [-0.4, -0.2) is 60.6 Å². The van der Waals surface area contributed by atoms with Crippen LogP contribution in [0.25, 0.3) is 0 Å². The summed E-state index contributed by atoms with van der Waals surface area (Å²) < 4.78 is 18.4. The first-order valence-electron chi connectivity index (χ1n) is 8.34. The van der Waals surface area contributed by atoms with Gasteiger partial charge in [0.05, 0.1) is 6.61 Å². The summed E-state index contributed by atoms with van der Waals surface area (Å²) in [6, 6.07) is 5.35. The minimum atomic E-state index is -0.500. The van der Waals surface area contributed by atoms with Gasteiger partial charge in [-0.15, -0.1) is 6.58 Å². The third-order valence-electron chi connectivity index (χ3n) is 4.01. The largest absolute Gasteiger partial charge is 0.368 e. The van der Waals surface area contributed by atoms with Gasteiger partial charge in [-0.3, -0.25) is 4.79 Å². The molecule has 0 spiro atoms. The molecule has 1 saturated heterocycles. The second-order valence-corrected chi connectivity index (χ2v) is 5.84. The number of nitrogens with one attached hydrogen (secondary N) is 1. The van der Waals surface area contributed by atoms with Gasteiger partial charge in [0.15, 0.2) is 0 Å². The molecule has 2 rings (SSSR count). The van der Waals surface area contributed by atoms with Gasteiger partial charge in [0.1, 0.15) is 11.9 Å². The number of nitrogens with zero attached hydrogens (tertiary/aromatic N) is 2. The lowest BCUT2D eigenvalue weighted by Gasteiger charge is -2.35. The summed E-state index contributed by atoms with van der Waals surface area (Å²) in [5.74, 6) is -0.419. The molecule has 136 valence electrons. The van der Waals surface area contributed by atoms with Crippen molar-refractivity contribution >= 4 is 17.6 Å². The minimum absolute atomic E-state index is 0.0670. The number of hydrogen-bond donors (Lipinski definition) is 1. The third kappa shape index (κ3) is 5.56. The Labute approximate surface area is 147 Å². The molecular formula is C18H24FN3O3. The minimum Gasteiger partial charge on any atom is -0.368 e. The zero-order valence-electron chi connectivity index (χ0n) is 14.4. The van der Waals surface area contributed by atoms with Gasteiger partial charge in [-0.1, -0.05) is 6.08 Å². The Morgan fingerprint density at radius 3 is 2.44 bits per heavy atom. The van der Waals surface area contributed by atoms with Crippen molar-refractivity contribution in [2.45, 2.75) is 19.4 Å². The molecule has 0 radical (unpaired) electrons. The fraction of sp³-hybridized carbons (Fsp3) is 0.444. The van der Waals surface area contributed by atoms with Crippen LogP contribution >= 0.6 is 0 Å². The molecule has 0 saturated carbocycles. The van der Waals surface area contributed by atoms with Crippen molar-refractivity contribution in [3.05, 3.63) is 42.7 Å². The number of benzene rings is 1. The summed E-state index contributed by atoms with van der Waals surface area (Å²) in [5.41, 5.74) is 0.536. The number of piperazine rings is 1. The Morgan fingerprint density at radius 1 is 1.24 bits per heavy atom. The standard InChI is InChI=1S/C18H24FN3O3/c1-3-4-13-25-14(2)17(23)21-9-11-22(12-10-21)18(24)20-16-7-5-15(19)6-8-16/h3,5-8,14H,1,4,9-13H2,2H3,(H,20,24)/t14-/m0/s1. The topological polar surface area (TPSA) is 61.9 Å². The van der Waals surface area contributed by atoms with E-state index >= 15 is 0 Å². The van der Waals surface area contributed by atoms with Gasteiger partial charge in [0, 0.05) is 31.9 Å². The van der Waals surface area contributed by atoms with Gasteiger partial charge in [0.25, 0.3) is 5.91 Å². The Morgan fingerprint density at radius 2 is 1.84 bits per heavy atom. The predicted octanol–water partition coefficient (Wildman–Crippen LogP) is 2.48. The first-order chi connectivity index (χ1) is 12.0. The molecule has 7 heteroatoms. The number of rotatable bonds is 6. The molecular weight excluding hydrogens is 325 g/mol. The summed E-state index contributed by atoms with van der Waals surface area (Å²) in [4.78, 5) is 27.9. The van der Waals surface area contributed by atoms with Crippen LogP contribution in [0.4, 0.5) is 14.9 Å². The van der Waals surface area contributed by atoms with Crippen molar-refractivity contribution < 1.29 is 18.7 Å². The SMILES string of the molecule is C=CCCO[C@@H](C)C(=O)N1CCN(C(=O)Nc2ccc(F)cc2)CC1. The first-order valence-corrected chi connectivity index (χ1v) is 8.34. The van der Waals surface area contributed by atoms with E-state index < -0.39 is 6.10 Å². The molecule has 1 atom stereocenters. The number of halogens is 1. The first kappa shape index (κ1) is 18.9. The summed E-state index contributed by atoms with van der Waals surface area (Å²) in [7, 11) is 0. The van der Waals surface area contributed by atoms with Crippen LogP contribution < -0.4 is 5.32 Å². The lowest BCUT2D eigenvalue weighted by atomic mass is 10.2.